The summed E-state index contributed by atoms with van der Waals surface area (Å²) in [5.41, 5.74) is 4.10. The number of aliphatic hydroxyl groups excluding tert-OH is 1. The van der Waals surface area contributed by atoms with E-state index in [-0.39, 0.29) is 17.9 Å². The number of carbonyl (C=O) groups is 1. The summed E-state index contributed by atoms with van der Waals surface area (Å²) in [6, 6.07) is 32.5. The van der Waals surface area contributed by atoms with Crippen molar-refractivity contribution in [2.45, 2.75) is 37.8 Å². The molecule has 2 aliphatic heterocycles. The number of furan rings is 1. The Morgan fingerprint density at radius 1 is 0.822 bits per heavy atom. The van der Waals surface area contributed by atoms with E-state index >= 15 is 0 Å². The number of imidazole rings is 1. The lowest BCUT2D eigenvalue weighted by atomic mass is 9.76. The van der Waals surface area contributed by atoms with Crippen LogP contribution < -0.4 is 4.90 Å². The topological polar surface area (TPSA) is 78.0 Å². The third-order valence-electron chi connectivity index (χ3n) is 9.65. The minimum Gasteiger partial charge on any atom is -0.462 e. The van der Waals surface area contributed by atoms with Crippen LogP contribution in [0.25, 0.3) is 11.0 Å². The summed E-state index contributed by atoms with van der Waals surface area (Å²) in [5.74, 6) is 2.47. The smallest absolute Gasteiger partial charge is 0.253 e. The highest BCUT2D eigenvalue weighted by Gasteiger charge is 2.41. The molecule has 232 valence electrons. The molecule has 0 saturated carbocycles. The molecular weight excluding hydrogens is 562 g/mol. The van der Waals surface area contributed by atoms with E-state index in [9.17, 15) is 9.90 Å². The molecule has 3 aromatic carbocycles. The summed E-state index contributed by atoms with van der Waals surface area (Å²) in [6.07, 6.45) is 3.04. The summed E-state index contributed by atoms with van der Waals surface area (Å²) >= 11 is 0. The maximum absolute atomic E-state index is 13.4. The van der Waals surface area contributed by atoms with Gasteiger partial charge in [0.05, 0.1) is 17.6 Å². The number of rotatable bonds is 9. The second-order valence-corrected chi connectivity index (χ2v) is 12.4. The fourth-order valence-electron chi connectivity index (χ4n) is 7.16. The number of fused-ring (bicyclic) bond motifs is 1. The Hall–Kier alpha value is -4.40. The van der Waals surface area contributed by atoms with E-state index in [0.29, 0.717) is 12.3 Å². The van der Waals surface area contributed by atoms with Gasteiger partial charge in [0.2, 0.25) is 5.95 Å². The molecule has 1 N–H and O–H groups in total. The van der Waals surface area contributed by atoms with Crippen LogP contribution in [0.2, 0.25) is 0 Å². The lowest BCUT2D eigenvalue weighted by molar-refractivity contribution is 0.0781. The molecule has 4 heterocycles. The highest BCUT2D eigenvalue weighted by Crippen LogP contribution is 2.39. The zero-order valence-corrected chi connectivity index (χ0v) is 25.7. The lowest BCUT2D eigenvalue weighted by Gasteiger charge is -2.33. The monoisotopic (exact) mass is 603 g/mol. The van der Waals surface area contributed by atoms with E-state index < -0.39 is 0 Å². The summed E-state index contributed by atoms with van der Waals surface area (Å²) in [7, 11) is 0. The minimum absolute atomic E-state index is 0.0534. The number of carbonyl (C=O) groups excluding carboxylic acids is 1. The van der Waals surface area contributed by atoms with Crippen LogP contribution in [-0.2, 0) is 18.6 Å². The third-order valence-corrected chi connectivity index (χ3v) is 9.65. The van der Waals surface area contributed by atoms with Gasteiger partial charge in [-0.3, -0.25) is 4.79 Å². The fraction of sp³-hybridized carbons (Fsp3) is 0.351. The van der Waals surface area contributed by atoms with Crippen molar-refractivity contribution in [1.29, 1.82) is 0 Å². The molecule has 1 amide bonds. The number of hydrogen-bond acceptors (Lipinski definition) is 6. The third kappa shape index (κ3) is 6.13. The number of likely N-dealkylation sites (tertiary alicyclic amines) is 1. The van der Waals surface area contributed by atoms with Gasteiger partial charge in [0.15, 0.2) is 0 Å². The number of amides is 1. The summed E-state index contributed by atoms with van der Waals surface area (Å²) in [4.78, 5) is 25.5. The second kappa shape index (κ2) is 12.9. The van der Waals surface area contributed by atoms with E-state index in [2.05, 4.69) is 67.8 Å². The summed E-state index contributed by atoms with van der Waals surface area (Å²) < 4.78 is 8.11. The quantitative estimate of drug-likeness (QED) is 0.238. The molecule has 7 rings (SSSR count). The first kappa shape index (κ1) is 29.3. The molecule has 2 saturated heterocycles. The summed E-state index contributed by atoms with van der Waals surface area (Å²) in [5, 5.41) is 9.50. The number of anilines is 1. The molecule has 2 aromatic heterocycles. The van der Waals surface area contributed by atoms with Crippen LogP contribution in [-0.4, -0.2) is 76.2 Å². The van der Waals surface area contributed by atoms with Gasteiger partial charge < -0.3 is 28.8 Å². The van der Waals surface area contributed by atoms with Crippen molar-refractivity contribution >= 4 is 22.9 Å². The molecule has 8 nitrogen and oxygen atoms in total. The maximum Gasteiger partial charge on any atom is 0.253 e. The second-order valence-electron chi connectivity index (χ2n) is 12.4. The molecule has 0 radical (unpaired) electrons. The summed E-state index contributed by atoms with van der Waals surface area (Å²) in [6.45, 7) is 6.79. The van der Waals surface area contributed by atoms with Gasteiger partial charge in [0.1, 0.15) is 18.1 Å². The molecule has 2 fully saturated rings. The Morgan fingerprint density at radius 2 is 1.58 bits per heavy atom. The number of aliphatic hydroxyl groups is 1. The molecule has 1 atom stereocenters. The van der Waals surface area contributed by atoms with Crippen molar-refractivity contribution in [3.63, 3.8) is 0 Å². The number of aromatic nitrogens is 2. The molecular formula is C37H41N5O3. The zero-order valence-electron chi connectivity index (χ0n) is 25.7. The molecule has 0 aliphatic carbocycles. The standard InChI is InChI=1S/C37H41N5O3/c43-27-32-17-16-31(45-32)26-42-34-15-8-7-14-33(34)38-36(42)40-21-9-20-39(24-25-40)22-18-37(30-12-5-2-6-13-30)19-23-41(28-37)35(44)29-10-3-1-4-11-29/h1-8,10-17,43H,9,18-28H2. The average Bonchev–Trinajstić information content (AvgIpc) is 3.79. The van der Waals surface area contributed by atoms with Crippen LogP contribution >= 0.6 is 0 Å². The maximum atomic E-state index is 13.4. The van der Waals surface area contributed by atoms with Crippen molar-refractivity contribution in [1.82, 2.24) is 19.4 Å². The lowest BCUT2D eigenvalue weighted by Crippen LogP contribution is -2.39. The number of nitrogens with zero attached hydrogens (tertiary/aromatic N) is 5. The minimum atomic E-state index is -0.105. The van der Waals surface area contributed by atoms with E-state index in [4.69, 9.17) is 9.40 Å². The van der Waals surface area contributed by atoms with Crippen LogP contribution in [0.5, 0.6) is 0 Å². The predicted molar refractivity (Wildman–Crippen MR) is 176 cm³/mol. The van der Waals surface area contributed by atoms with Crippen LogP contribution in [0.15, 0.2) is 101 Å². The Balaban J connectivity index is 1.06. The number of para-hydroxylation sites is 2. The van der Waals surface area contributed by atoms with E-state index in [1.54, 1.807) is 0 Å². The van der Waals surface area contributed by atoms with Crippen LogP contribution in [0.1, 0.15) is 46.7 Å². The first-order chi connectivity index (χ1) is 22.1. The first-order valence-corrected chi connectivity index (χ1v) is 16.1. The Labute approximate surface area is 264 Å². The van der Waals surface area contributed by atoms with E-state index in [1.165, 1.54) is 5.56 Å². The van der Waals surface area contributed by atoms with Gasteiger partial charge in [0, 0.05) is 43.7 Å². The normalized spacial score (nSPS) is 19.3. The van der Waals surface area contributed by atoms with E-state index in [0.717, 1.165) is 93.4 Å². The van der Waals surface area contributed by atoms with Crippen LogP contribution in [0.4, 0.5) is 5.95 Å². The van der Waals surface area contributed by atoms with E-state index in [1.807, 2.05) is 48.5 Å². The van der Waals surface area contributed by atoms with Gasteiger partial charge in [-0.2, -0.15) is 0 Å². The Kier molecular flexibility index (Phi) is 8.41. The predicted octanol–water partition coefficient (Wildman–Crippen LogP) is 5.56. The van der Waals surface area contributed by atoms with Crippen LogP contribution in [0.3, 0.4) is 0 Å². The van der Waals surface area contributed by atoms with Crippen molar-refractivity contribution < 1.29 is 14.3 Å². The van der Waals surface area contributed by atoms with Gasteiger partial charge in [-0.1, -0.05) is 60.7 Å². The average molecular weight is 604 g/mol. The Bertz CT molecular complexity index is 1730. The van der Waals surface area contributed by atoms with Crippen molar-refractivity contribution in [2.24, 2.45) is 0 Å². The molecule has 0 spiro atoms. The first-order valence-electron chi connectivity index (χ1n) is 16.1. The highest BCUT2D eigenvalue weighted by molar-refractivity contribution is 5.94. The highest BCUT2D eigenvalue weighted by atomic mass is 16.4. The molecule has 8 heteroatoms. The molecule has 2 aliphatic rings. The SMILES string of the molecule is O=C(c1ccccc1)N1CCC(CCN2CCCN(c3nc4ccccc4n3Cc3ccc(CO)o3)CC2)(c2ccccc2)C1. The molecule has 0 bridgehead atoms. The van der Waals surface area contributed by atoms with Crippen molar-refractivity contribution in [3.05, 3.63) is 120 Å². The molecule has 1 unspecified atom stereocenters. The molecule has 5 aromatic rings. The fourth-order valence-corrected chi connectivity index (χ4v) is 7.16. The largest absolute Gasteiger partial charge is 0.462 e. The van der Waals surface area contributed by atoms with Gasteiger partial charge >= 0.3 is 0 Å². The van der Waals surface area contributed by atoms with Gasteiger partial charge in [-0.25, -0.2) is 4.98 Å². The number of hydrogen-bond donors (Lipinski definition) is 1. The van der Waals surface area contributed by atoms with Gasteiger partial charge in [-0.05, 0) is 74.3 Å². The Morgan fingerprint density at radius 3 is 2.38 bits per heavy atom. The van der Waals surface area contributed by atoms with Crippen LogP contribution in [0, 0.1) is 0 Å². The van der Waals surface area contributed by atoms with Gasteiger partial charge in [0.25, 0.3) is 5.91 Å². The number of benzene rings is 3. The van der Waals surface area contributed by atoms with Crippen molar-refractivity contribution in [3.8, 4) is 0 Å². The van der Waals surface area contributed by atoms with Crippen molar-refractivity contribution in [2.75, 3.05) is 50.7 Å². The zero-order chi connectivity index (χ0) is 30.6. The van der Waals surface area contributed by atoms with Gasteiger partial charge in [-0.15, -0.1) is 0 Å². The molecule has 45 heavy (non-hydrogen) atoms.